The maximum Gasteiger partial charge on any atom is 0.0742 e. The molecule has 1 atom stereocenters. The fourth-order valence-corrected chi connectivity index (χ4v) is 9.18. The van der Waals surface area contributed by atoms with Crippen molar-refractivity contribution in [1.82, 2.24) is 4.57 Å². The highest BCUT2D eigenvalue weighted by Gasteiger charge is 2.22. The third-order valence-electron chi connectivity index (χ3n) is 9.95. The number of rotatable bonds is 10. The van der Waals surface area contributed by atoms with Crippen LogP contribution in [0.25, 0.3) is 54.0 Å². The Hall–Kier alpha value is -5.49. The van der Waals surface area contributed by atoms with Gasteiger partial charge in [-0.05, 0) is 90.9 Å². The van der Waals surface area contributed by atoms with E-state index in [-0.39, 0.29) is 0 Å². The standard InChI is InChI=1S/C48H41N3S2/c1-5-6-8-17-35-31-51(47-39(35)29-40(37-18-11-13-20-43(37)52-4)45-38-19-12-14-21-44(38)53-48(45)47)36-26-27-42(49-3)41(28-36)46(34-24-22-32(2)23-25-34)50-30-33-15-9-7-10-16-33/h5-22,24-29,31-32H,3,23,30H2,1-2,4H3/b6-5-,17-8-,50-46?. The van der Waals surface area contributed by atoms with E-state index in [0.717, 1.165) is 40.2 Å². The van der Waals surface area contributed by atoms with Crippen LogP contribution in [0.15, 0.2) is 166 Å². The van der Waals surface area contributed by atoms with Crippen LogP contribution in [0.5, 0.6) is 0 Å². The molecule has 0 saturated carbocycles. The Labute approximate surface area is 320 Å². The number of allylic oxidation sites excluding steroid dienone is 7. The Balaban J connectivity index is 1.41. The molecule has 0 saturated heterocycles. The van der Waals surface area contributed by atoms with Crippen LogP contribution in [-0.4, -0.2) is 23.3 Å². The molecule has 0 radical (unpaired) electrons. The summed E-state index contributed by atoms with van der Waals surface area (Å²) in [6, 6.07) is 37.0. The molecule has 2 aromatic heterocycles. The van der Waals surface area contributed by atoms with Crippen LogP contribution in [0.4, 0.5) is 5.69 Å². The minimum atomic E-state index is 0.495. The topological polar surface area (TPSA) is 29.6 Å². The fourth-order valence-electron chi connectivity index (χ4n) is 7.30. The zero-order chi connectivity index (χ0) is 36.3. The summed E-state index contributed by atoms with van der Waals surface area (Å²) >= 11 is 3.67. The number of thiophene rings is 1. The van der Waals surface area contributed by atoms with Gasteiger partial charge in [0, 0.05) is 48.8 Å². The molecular weight excluding hydrogens is 683 g/mol. The summed E-state index contributed by atoms with van der Waals surface area (Å²) in [4.78, 5) is 11.1. The van der Waals surface area contributed by atoms with Crippen molar-refractivity contribution in [2.75, 3.05) is 6.26 Å². The van der Waals surface area contributed by atoms with E-state index in [0.29, 0.717) is 12.5 Å². The van der Waals surface area contributed by atoms with E-state index >= 15 is 0 Å². The average molecular weight is 724 g/mol. The van der Waals surface area contributed by atoms with Crippen LogP contribution in [0.3, 0.4) is 0 Å². The minimum absolute atomic E-state index is 0.495. The number of thioether (sulfide) groups is 1. The summed E-state index contributed by atoms with van der Waals surface area (Å²) in [5.41, 5.74) is 11.0. The van der Waals surface area contributed by atoms with Gasteiger partial charge >= 0.3 is 0 Å². The smallest absolute Gasteiger partial charge is 0.0742 e. The highest BCUT2D eigenvalue weighted by atomic mass is 32.2. The van der Waals surface area contributed by atoms with Crippen molar-refractivity contribution in [3.63, 3.8) is 0 Å². The molecule has 1 unspecified atom stereocenters. The average Bonchev–Trinajstić information content (AvgIpc) is 3.77. The van der Waals surface area contributed by atoms with Crippen LogP contribution in [0.2, 0.25) is 0 Å². The summed E-state index contributed by atoms with van der Waals surface area (Å²) < 4.78 is 4.94. The largest absolute Gasteiger partial charge is 0.315 e. The van der Waals surface area contributed by atoms with Gasteiger partial charge in [-0.2, -0.15) is 0 Å². The summed E-state index contributed by atoms with van der Waals surface area (Å²) in [5, 5.41) is 3.80. The molecule has 8 rings (SSSR count). The van der Waals surface area contributed by atoms with E-state index in [2.05, 4.69) is 182 Å². The number of benzene rings is 5. The van der Waals surface area contributed by atoms with E-state index < -0.39 is 0 Å². The van der Waals surface area contributed by atoms with Crippen molar-refractivity contribution in [2.24, 2.45) is 15.9 Å². The van der Waals surface area contributed by atoms with Gasteiger partial charge in [0.1, 0.15) is 0 Å². The third kappa shape index (κ3) is 6.67. The van der Waals surface area contributed by atoms with Gasteiger partial charge in [0.15, 0.2) is 0 Å². The molecule has 0 amide bonds. The SMILES string of the molecule is C=Nc1ccc(-n2cc(/C=C\C=C/C)c3cc(-c4ccccc4SC)c4c5ccccc5sc4c32)cc1C(=NCc1ccccc1)C1=CCC(C)C=C1. The number of aromatic nitrogens is 1. The van der Waals surface area contributed by atoms with E-state index in [1.54, 1.807) is 11.8 Å². The zero-order valence-corrected chi connectivity index (χ0v) is 31.9. The molecular formula is C48H41N3S2. The second-order valence-corrected chi connectivity index (χ2v) is 15.3. The lowest BCUT2D eigenvalue weighted by molar-refractivity contribution is 0.734. The lowest BCUT2D eigenvalue weighted by atomic mass is 9.92. The second kappa shape index (κ2) is 15.2. The van der Waals surface area contributed by atoms with Crippen LogP contribution >= 0.6 is 23.1 Å². The Morgan fingerprint density at radius 1 is 0.925 bits per heavy atom. The molecule has 53 heavy (non-hydrogen) atoms. The van der Waals surface area contributed by atoms with E-state index in [4.69, 9.17) is 4.99 Å². The number of hydrogen-bond acceptors (Lipinski definition) is 4. The van der Waals surface area contributed by atoms with Crippen molar-refractivity contribution in [3.8, 4) is 16.8 Å². The van der Waals surface area contributed by atoms with E-state index in [1.807, 2.05) is 17.4 Å². The van der Waals surface area contributed by atoms with Crippen molar-refractivity contribution in [3.05, 3.63) is 168 Å². The Morgan fingerprint density at radius 3 is 2.53 bits per heavy atom. The number of hydrogen-bond donors (Lipinski definition) is 0. The minimum Gasteiger partial charge on any atom is -0.315 e. The summed E-state index contributed by atoms with van der Waals surface area (Å²) in [6.45, 7) is 8.88. The number of aliphatic imine (C=N–C) groups is 2. The molecule has 7 aromatic rings. The maximum atomic E-state index is 5.30. The summed E-state index contributed by atoms with van der Waals surface area (Å²) in [5.74, 6) is 0.495. The van der Waals surface area contributed by atoms with Crippen LogP contribution < -0.4 is 0 Å². The highest BCUT2D eigenvalue weighted by molar-refractivity contribution is 7.98. The molecule has 1 aliphatic rings. The van der Waals surface area contributed by atoms with Gasteiger partial charge < -0.3 is 4.57 Å². The maximum absolute atomic E-state index is 5.30. The highest BCUT2D eigenvalue weighted by Crippen LogP contribution is 2.47. The number of nitrogens with zero attached hydrogens (tertiary/aromatic N) is 3. The lowest BCUT2D eigenvalue weighted by Gasteiger charge is -2.18. The summed E-state index contributed by atoms with van der Waals surface area (Å²) in [7, 11) is 0. The van der Waals surface area contributed by atoms with Gasteiger partial charge in [-0.1, -0.05) is 116 Å². The first-order valence-corrected chi connectivity index (χ1v) is 20.1. The van der Waals surface area contributed by atoms with Crippen molar-refractivity contribution < 1.29 is 0 Å². The van der Waals surface area contributed by atoms with E-state index in [1.165, 1.54) is 52.7 Å². The monoisotopic (exact) mass is 723 g/mol. The molecule has 0 fully saturated rings. The normalized spacial score (nSPS) is 15.0. The Morgan fingerprint density at radius 2 is 1.74 bits per heavy atom. The van der Waals surface area contributed by atoms with Gasteiger partial charge in [-0.25, -0.2) is 0 Å². The lowest BCUT2D eigenvalue weighted by Crippen LogP contribution is -2.09. The van der Waals surface area contributed by atoms with Gasteiger partial charge in [-0.3, -0.25) is 9.98 Å². The third-order valence-corrected chi connectivity index (χ3v) is 11.9. The first kappa shape index (κ1) is 34.6. The molecule has 2 heterocycles. The van der Waals surface area contributed by atoms with Crippen LogP contribution in [0.1, 0.15) is 37.0 Å². The molecule has 260 valence electrons. The van der Waals surface area contributed by atoms with Gasteiger partial charge in [0.05, 0.1) is 28.2 Å². The molecule has 0 spiro atoms. The summed E-state index contributed by atoms with van der Waals surface area (Å²) in [6.07, 6.45) is 20.8. The molecule has 1 aliphatic carbocycles. The van der Waals surface area contributed by atoms with Gasteiger partial charge in [0.2, 0.25) is 0 Å². The van der Waals surface area contributed by atoms with Crippen LogP contribution in [-0.2, 0) is 6.54 Å². The van der Waals surface area contributed by atoms with E-state index in [9.17, 15) is 0 Å². The first-order chi connectivity index (χ1) is 26.1. The Kier molecular flexibility index (Phi) is 9.94. The quantitative estimate of drug-likeness (QED) is 0.0785. The predicted octanol–water partition coefficient (Wildman–Crippen LogP) is 13.8. The number of fused-ring (bicyclic) bond motifs is 5. The zero-order valence-electron chi connectivity index (χ0n) is 30.3. The molecule has 5 aromatic carbocycles. The van der Waals surface area contributed by atoms with Crippen LogP contribution in [0, 0.1) is 5.92 Å². The molecule has 0 N–H and O–H groups in total. The molecule has 3 nitrogen and oxygen atoms in total. The predicted molar refractivity (Wildman–Crippen MR) is 234 cm³/mol. The fraction of sp³-hybridized carbons (Fsp3) is 0.125. The van der Waals surface area contributed by atoms with Gasteiger partial charge in [-0.15, -0.1) is 23.1 Å². The molecule has 0 aliphatic heterocycles. The van der Waals surface area contributed by atoms with Crippen molar-refractivity contribution in [1.29, 1.82) is 0 Å². The van der Waals surface area contributed by atoms with Crippen molar-refractivity contribution in [2.45, 2.75) is 31.7 Å². The van der Waals surface area contributed by atoms with Gasteiger partial charge in [0.25, 0.3) is 0 Å². The van der Waals surface area contributed by atoms with Crippen molar-refractivity contribution >= 4 is 78.4 Å². The Bertz CT molecular complexity index is 2650. The first-order valence-electron chi connectivity index (χ1n) is 18.1. The molecule has 5 heteroatoms. The second-order valence-electron chi connectivity index (χ2n) is 13.4. The molecule has 0 bridgehead atoms.